The molecular formula is C12H21N3O4. The van der Waals surface area contributed by atoms with E-state index in [1.54, 1.807) is 20.8 Å². The maximum Gasteiger partial charge on any atom is 0.329 e. The number of carbonyl (C=O) groups excluding carboxylic acids is 2. The molecule has 1 aliphatic rings. The van der Waals surface area contributed by atoms with Gasteiger partial charge in [-0.15, -0.1) is 0 Å². The molecule has 19 heavy (non-hydrogen) atoms. The van der Waals surface area contributed by atoms with Crippen molar-refractivity contribution in [3.8, 4) is 0 Å². The summed E-state index contributed by atoms with van der Waals surface area (Å²) in [6.07, 6.45) is 0.581. The van der Waals surface area contributed by atoms with Gasteiger partial charge >= 0.3 is 12.0 Å². The summed E-state index contributed by atoms with van der Waals surface area (Å²) in [4.78, 5) is 36.4. The molecule has 0 bridgehead atoms. The standard InChI is InChI=1S/C12H21N3O4/c1-4-12(5-2,10(17)18)14-11(19)15-7-6-13-9(16)8(15)3/h8H,4-7H2,1-3H3,(H,13,16)(H,14,19)(H,17,18). The van der Waals surface area contributed by atoms with Gasteiger partial charge in [0.25, 0.3) is 0 Å². The van der Waals surface area contributed by atoms with Crippen molar-refractivity contribution in [1.29, 1.82) is 0 Å². The molecule has 3 N–H and O–H groups in total. The molecule has 108 valence electrons. The number of carbonyl (C=O) groups is 3. The predicted octanol–water partition coefficient (Wildman–Crippen LogP) is 0.160. The Morgan fingerprint density at radius 3 is 2.53 bits per heavy atom. The minimum atomic E-state index is -1.27. The number of urea groups is 1. The fraction of sp³-hybridized carbons (Fsp3) is 0.750. The quantitative estimate of drug-likeness (QED) is 0.678. The van der Waals surface area contributed by atoms with Crippen LogP contribution in [-0.4, -0.2) is 52.6 Å². The average Bonchev–Trinajstić information content (AvgIpc) is 2.38. The van der Waals surface area contributed by atoms with Crippen LogP contribution in [0.15, 0.2) is 0 Å². The van der Waals surface area contributed by atoms with Gasteiger partial charge < -0.3 is 20.6 Å². The van der Waals surface area contributed by atoms with Gasteiger partial charge in [-0.3, -0.25) is 4.79 Å². The number of hydrogen-bond donors (Lipinski definition) is 3. The second-order valence-corrected chi connectivity index (χ2v) is 4.68. The minimum absolute atomic E-state index is 0.227. The lowest BCUT2D eigenvalue weighted by Gasteiger charge is -2.36. The molecule has 3 amide bonds. The summed E-state index contributed by atoms with van der Waals surface area (Å²) in [5.74, 6) is -1.28. The van der Waals surface area contributed by atoms with Gasteiger partial charge in [-0.2, -0.15) is 0 Å². The van der Waals surface area contributed by atoms with Gasteiger partial charge in [0, 0.05) is 13.1 Å². The first kappa shape index (κ1) is 15.3. The minimum Gasteiger partial charge on any atom is -0.480 e. The lowest BCUT2D eigenvalue weighted by Crippen LogP contribution is -2.63. The molecule has 1 unspecified atom stereocenters. The molecule has 0 aromatic rings. The van der Waals surface area contributed by atoms with Gasteiger partial charge in [-0.25, -0.2) is 9.59 Å². The maximum atomic E-state index is 12.2. The third-order valence-corrected chi connectivity index (χ3v) is 3.72. The molecule has 1 fully saturated rings. The summed E-state index contributed by atoms with van der Waals surface area (Å²) in [5, 5.41) is 14.5. The van der Waals surface area contributed by atoms with E-state index in [2.05, 4.69) is 10.6 Å². The van der Waals surface area contributed by atoms with Crippen LogP contribution in [0.3, 0.4) is 0 Å². The fourth-order valence-electron chi connectivity index (χ4n) is 2.12. The van der Waals surface area contributed by atoms with Crippen molar-refractivity contribution in [3.05, 3.63) is 0 Å². The molecule has 1 heterocycles. The first-order valence-corrected chi connectivity index (χ1v) is 6.47. The number of carboxylic acid groups (broad SMARTS) is 1. The summed E-state index contributed by atoms with van der Waals surface area (Å²) in [6.45, 7) is 5.81. The van der Waals surface area contributed by atoms with Crippen molar-refractivity contribution < 1.29 is 19.5 Å². The van der Waals surface area contributed by atoms with Crippen molar-refractivity contribution in [2.45, 2.75) is 45.2 Å². The van der Waals surface area contributed by atoms with E-state index in [0.717, 1.165) is 0 Å². The maximum absolute atomic E-state index is 12.2. The van der Waals surface area contributed by atoms with Crippen molar-refractivity contribution in [1.82, 2.24) is 15.5 Å². The largest absolute Gasteiger partial charge is 0.480 e. The van der Waals surface area contributed by atoms with Crippen LogP contribution in [0.5, 0.6) is 0 Å². The molecule has 1 rings (SSSR count). The lowest BCUT2D eigenvalue weighted by atomic mass is 9.93. The smallest absolute Gasteiger partial charge is 0.329 e. The van der Waals surface area contributed by atoms with E-state index in [1.807, 2.05) is 0 Å². The van der Waals surface area contributed by atoms with Crippen LogP contribution in [-0.2, 0) is 9.59 Å². The van der Waals surface area contributed by atoms with Gasteiger partial charge in [0.2, 0.25) is 5.91 Å². The zero-order chi connectivity index (χ0) is 14.6. The van der Waals surface area contributed by atoms with E-state index in [1.165, 1.54) is 4.90 Å². The molecule has 0 saturated carbocycles. The van der Waals surface area contributed by atoms with Crippen LogP contribution in [0.4, 0.5) is 4.79 Å². The number of nitrogens with zero attached hydrogens (tertiary/aromatic N) is 1. The van der Waals surface area contributed by atoms with Gasteiger partial charge in [0.15, 0.2) is 0 Å². The molecular weight excluding hydrogens is 250 g/mol. The van der Waals surface area contributed by atoms with Crippen LogP contribution >= 0.6 is 0 Å². The summed E-state index contributed by atoms with van der Waals surface area (Å²) in [6, 6.07) is -1.09. The number of carboxylic acids is 1. The Morgan fingerprint density at radius 2 is 2.05 bits per heavy atom. The highest BCUT2D eigenvalue weighted by Gasteiger charge is 2.39. The van der Waals surface area contributed by atoms with E-state index < -0.39 is 23.6 Å². The van der Waals surface area contributed by atoms with E-state index in [0.29, 0.717) is 25.9 Å². The van der Waals surface area contributed by atoms with E-state index in [9.17, 15) is 19.5 Å². The summed E-state index contributed by atoms with van der Waals surface area (Å²) in [5.41, 5.74) is -1.27. The number of aliphatic carboxylic acids is 1. The van der Waals surface area contributed by atoms with Crippen LogP contribution < -0.4 is 10.6 Å². The Bertz CT molecular complexity index is 379. The lowest BCUT2D eigenvalue weighted by molar-refractivity contribution is -0.144. The molecule has 0 aromatic heterocycles. The van der Waals surface area contributed by atoms with E-state index in [-0.39, 0.29) is 5.91 Å². The topological polar surface area (TPSA) is 98.7 Å². The molecule has 0 aromatic carbocycles. The Balaban J connectivity index is 2.82. The van der Waals surface area contributed by atoms with E-state index >= 15 is 0 Å². The number of amides is 3. The first-order valence-electron chi connectivity index (χ1n) is 6.47. The fourth-order valence-corrected chi connectivity index (χ4v) is 2.12. The zero-order valence-electron chi connectivity index (χ0n) is 11.5. The first-order chi connectivity index (χ1) is 8.88. The van der Waals surface area contributed by atoms with Crippen molar-refractivity contribution >= 4 is 17.9 Å². The molecule has 1 atom stereocenters. The highest BCUT2D eigenvalue weighted by molar-refractivity contribution is 5.90. The third-order valence-electron chi connectivity index (χ3n) is 3.72. The van der Waals surface area contributed by atoms with Crippen molar-refractivity contribution in [2.24, 2.45) is 0 Å². The van der Waals surface area contributed by atoms with Crippen LogP contribution in [0, 0.1) is 0 Å². The SMILES string of the molecule is CCC(CC)(NC(=O)N1CCNC(=O)C1C)C(=O)O. The molecule has 7 nitrogen and oxygen atoms in total. The van der Waals surface area contributed by atoms with Crippen LogP contribution in [0.1, 0.15) is 33.6 Å². The van der Waals surface area contributed by atoms with E-state index in [4.69, 9.17) is 0 Å². The predicted molar refractivity (Wildman–Crippen MR) is 68.7 cm³/mol. The Hall–Kier alpha value is -1.79. The average molecular weight is 271 g/mol. The Kier molecular flexibility index (Phi) is 4.74. The third kappa shape index (κ3) is 2.97. The number of rotatable bonds is 4. The zero-order valence-corrected chi connectivity index (χ0v) is 11.5. The number of hydrogen-bond acceptors (Lipinski definition) is 3. The van der Waals surface area contributed by atoms with Crippen molar-refractivity contribution in [3.63, 3.8) is 0 Å². The van der Waals surface area contributed by atoms with Crippen LogP contribution in [0.25, 0.3) is 0 Å². The highest BCUT2D eigenvalue weighted by Crippen LogP contribution is 2.17. The van der Waals surface area contributed by atoms with Crippen molar-refractivity contribution in [2.75, 3.05) is 13.1 Å². The summed E-state index contributed by atoms with van der Waals surface area (Å²) in [7, 11) is 0. The summed E-state index contributed by atoms with van der Waals surface area (Å²) < 4.78 is 0. The van der Waals surface area contributed by atoms with Gasteiger partial charge in [0.05, 0.1) is 0 Å². The van der Waals surface area contributed by atoms with Gasteiger partial charge in [-0.1, -0.05) is 13.8 Å². The monoisotopic (exact) mass is 271 g/mol. The van der Waals surface area contributed by atoms with Gasteiger partial charge in [0.1, 0.15) is 11.6 Å². The molecule has 0 radical (unpaired) electrons. The molecule has 7 heteroatoms. The van der Waals surface area contributed by atoms with Gasteiger partial charge in [-0.05, 0) is 19.8 Å². The molecule has 1 saturated heterocycles. The number of nitrogens with one attached hydrogen (secondary N) is 2. The molecule has 0 aliphatic carbocycles. The highest BCUT2D eigenvalue weighted by atomic mass is 16.4. The molecule has 0 spiro atoms. The number of piperazine rings is 1. The Morgan fingerprint density at radius 1 is 1.47 bits per heavy atom. The molecule has 1 aliphatic heterocycles. The summed E-state index contributed by atoms with van der Waals surface area (Å²) >= 11 is 0. The second kappa shape index (κ2) is 5.90. The Labute approximate surface area is 112 Å². The second-order valence-electron chi connectivity index (χ2n) is 4.68. The normalized spacial score (nSPS) is 19.8. The van der Waals surface area contributed by atoms with Crippen LogP contribution in [0.2, 0.25) is 0 Å².